The predicted molar refractivity (Wildman–Crippen MR) is 68.3 cm³/mol. The van der Waals surface area contributed by atoms with Crippen LogP contribution >= 0.6 is 0 Å². The van der Waals surface area contributed by atoms with Crippen molar-refractivity contribution < 1.29 is 14.2 Å². The molecule has 2 aromatic rings. The Morgan fingerprint density at radius 2 is 1.89 bits per heavy atom. The molecular formula is C15H15FO2. The molecule has 0 aliphatic carbocycles. The molecular weight excluding hydrogens is 231 g/mol. The molecule has 0 saturated carbocycles. The van der Waals surface area contributed by atoms with Crippen molar-refractivity contribution in [1.82, 2.24) is 0 Å². The van der Waals surface area contributed by atoms with Gasteiger partial charge in [0.25, 0.3) is 0 Å². The molecule has 0 aromatic heterocycles. The van der Waals surface area contributed by atoms with Crippen molar-refractivity contribution in [2.45, 2.75) is 20.5 Å². The minimum Gasteiger partial charge on any atom is -0.454 e. The first-order chi connectivity index (χ1) is 8.60. The van der Waals surface area contributed by atoms with Crippen LogP contribution in [0.2, 0.25) is 0 Å². The number of benzene rings is 2. The van der Waals surface area contributed by atoms with Gasteiger partial charge in [0.05, 0.1) is 6.61 Å². The number of aliphatic hydroxyl groups is 1. The maximum Gasteiger partial charge on any atom is 0.165 e. The van der Waals surface area contributed by atoms with Gasteiger partial charge < -0.3 is 9.84 Å². The Morgan fingerprint density at radius 3 is 2.56 bits per heavy atom. The van der Waals surface area contributed by atoms with Gasteiger partial charge in [-0.15, -0.1) is 0 Å². The molecule has 2 rings (SSSR count). The molecule has 2 nitrogen and oxygen atoms in total. The van der Waals surface area contributed by atoms with Crippen molar-refractivity contribution in [3.63, 3.8) is 0 Å². The Kier molecular flexibility index (Phi) is 3.63. The Hall–Kier alpha value is -1.87. The zero-order valence-corrected chi connectivity index (χ0v) is 10.4. The maximum absolute atomic E-state index is 13.5. The van der Waals surface area contributed by atoms with Crippen LogP contribution < -0.4 is 4.74 Å². The first kappa shape index (κ1) is 12.6. The van der Waals surface area contributed by atoms with Crippen LogP contribution in [-0.4, -0.2) is 5.11 Å². The minimum absolute atomic E-state index is 0.00901. The van der Waals surface area contributed by atoms with Crippen molar-refractivity contribution in [3.05, 3.63) is 58.9 Å². The van der Waals surface area contributed by atoms with Crippen molar-refractivity contribution in [2.75, 3.05) is 0 Å². The van der Waals surface area contributed by atoms with E-state index >= 15 is 0 Å². The molecule has 0 aliphatic heterocycles. The Bertz CT molecular complexity index is 564. The van der Waals surface area contributed by atoms with Gasteiger partial charge in [-0.25, -0.2) is 4.39 Å². The van der Waals surface area contributed by atoms with Gasteiger partial charge >= 0.3 is 0 Å². The summed E-state index contributed by atoms with van der Waals surface area (Å²) in [7, 11) is 0. The zero-order valence-electron chi connectivity index (χ0n) is 10.4. The highest BCUT2D eigenvalue weighted by molar-refractivity contribution is 5.39. The number of aryl methyl sites for hydroxylation is 2. The summed E-state index contributed by atoms with van der Waals surface area (Å²) in [6, 6.07) is 10.0. The van der Waals surface area contributed by atoms with E-state index in [1.807, 2.05) is 13.8 Å². The smallest absolute Gasteiger partial charge is 0.165 e. The summed E-state index contributed by atoms with van der Waals surface area (Å²) >= 11 is 0. The quantitative estimate of drug-likeness (QED) is 0.894. The van der Waals surface area contributed by atoms with Crippen LogP contribution in [0.4, 0.5) is 4.39 Å². The van der Waals surface area contributed by atoms with E-state index in [9.17, 15) is 4.39 Å². The van der Waals surface area contributed by atoms with E-state index in [1.165, 1.54) is 6.07 Å². The standard InChI is InChI=1S/C15H15FO2/c1-10-3-6-14(16)15(7-10)18-13-5-4-12(9-17)11(2)8-13/h3-8,17H,9H2,1-2H3. The van der Waals surface area contributed by atoms with Gasteiger partial charge in [-0.1, -0.05) is 12.1 Å². The SMILES string of the molecule is Cc1ccc(F)c(Oc2ccc(CO)c(C)c2)c1. The van der Waals surface area contributed by atoms with Gasteiger partial charge in [-0.2, -0.15) is 0 Å². The lowest BCUT2D eigenvalue weighted by atomic mass is 10.1. The highest BCUT2D eigenvalue weighted by Crippen LogP contribution is 2.27. The lowest BCUT2D eigenvalue weighted by Gasteiger charge is -2.10. The van der Waals surface area contributed by atoms with Crippen LogP contribution in [0, 0.1) is 19.7 Å². The number of hydrogen-bond acceptors (Lipinski definition) is 2. The van der Waals surface area contributed by atoms with Gasteiger partial charge in [-0.3, -0.25) is 0 Å². The summed E-state index contributed by atoms with van der Waals surface area (Å²) < 4.78 is 19.0. The molecule has 0 unspecified atom stereocenters. The monoisotopic (exact) mass is 246 g/mol. The third kappa shape index (κ3) is 2.68. The molecule has 0 spiro atoms. The molecule has 1 N–H and O–H groups in total. The topological polar surface area (TPSA) is 29.5 Å². The van der Waals surface area contributed by atoms with Crippen molar-refractivity contribution in [2.24, 2.45) is 0 Å². The van der Waals surface area contributed by atoms with Crippen LogP contribution in [0.1, 0.15) is 16.7 Å². The second kappa shape index (κ2) is 5.19. The van der Waals surface area contributed by atoms with E-state index in [4.69, 9.17) is 9.84 Å². The highest BCUT2D eigenvalue weighted by atomic mass is 19.1. The molecule has 18 heavy (non-hydrogen) atoms. The Morgan fingerprint density at radius 1 is 1.11 bits per heavy atom. The second-order valence-electron chi connectivity index (χ2n) is 4.28. The van der Waals surface area contributed by atoms with Crippen LogP contribution in [0.5, 0.6) is 11.5 Å². The minimum atomic E-state index is -0.385. The Balaban J connectivity index is 2.28. The molecule has 0 bridgehead atoms. The van der Waals surface area contributed by atoms with Gasteiger partial charge in [0, 0.05) is 0 Å². The van der Waals surface area contributed by atoms with Crippen LogP contribution in [-0.2, 0) is 6.61 Å². The van der Waals surface area contributed by atoms with Crippen molar-refractivity contribution in [3.8, 4) is 11.5 Å². The normalized spacial score (nSPS) is 10.4. The molecule has 94 valence electrons. The largest absolute Gasteiger partial charge is 0.454 e. The van der Waals surface area contributed by atoms with Gasteiger partial charge in [-0.05, 0) is 54.8 Å². The molecule has 0 aliphatic rings. The predicted octanol–water partition coefficient (Wildman–Crippen LogP) is 3.73. The molecule has 0 saturated heterocycles. The van der Waals surface area contributed by atoms with Crippen molar-refractivity contribution >= 4 is 0 Å². The van der Waals surface area contributed by atoms with Gasteiger partial charge in [0.15, 0.2) is 11.6 Å². The van der Waals surface area contributed by atoms with E-state index in [-0.39, 0.29) is 18.2 Å². The van der Waals surface area contributed by atoms with Crippen molar-refractivity contribution in [1.29, 1.82) is 0 Å². The fraction of sp³-hybridized carbons (Fsp3) is 0.200. The second-order valence-corrected chi connectivity index (χ2v) is 4.28. The summed E-state index contributed by atoms with van der Waals surface area (Å²) in [6.07, 6.45) is 0. The molecule has 0 atom stereocenters. The lowest BCUT2D eigenvalue weighted by molar-refractivity contribution is 0.281. The third-order valence-corrected chi connectivity index (χ3v) is 2.80. The number of rotatable bonds is 3. The summed E-state index contributed by atoms with van der Waals surface area (Å²) in [5.74, 6) is 0.393. The third-order valence-electron chi connectivity index (χ3n) is 2.80. The zero-order chi connectivity index (χ0) is 13.1. The van der Waals surface area contributed by atoms with Crippen LogP contribution in [0.3, 0.4) is 0 Å². The summed E-state index contributed by atoms with van der Waals surface area (Å²) in [4.78, 5) is 0. The van der Waals surface area contributed by atoms with E-state index in [0.717, 1.165) is 16.7 Å². The molecule has 0 radical (unpaired) electrons. The average molecular weight is 246 g/mol. The van der Waals surface area contributed by atoms with E-state index < -0.39 is 0 Å². The van der Waals surface area contributed by atoms with E-state index in [2.05, 4.69) is 0 Å². The van der Waals surface area contributed by atoms with Crippen LogP contribution in [0.25, 0.3) is 0 Å². The maximum atomic E-state index is 13.5. The summed E-state index contributed by atoms with van der Waals surface area (Å²) in [5.41, 5.74) is 2.70. The molecule has 2 aromatic carbocycles. The molecule has 3 heteroatoms. The average Bonchev–Trinajstić information content (AvgIpc) is 2.34. The van der Waals surface area contributed by atoms with Gasteiger partial charge in [0.1, 0.15) is 5.75 Å². The fourth-order valence-corrected chi connectivity index (χ4v) is 1.73. The molecule has 0 amide bonds. The van der Waals surface area contributed by atoms with Gasteiger partial charge in [0.2, 0.25) is 0 Å². The number of hydrogen-bond donors (Lipinski definition) is 1. The Labute approximate surface area is 106 Å². The lowest BCUT2D eigenvalue weighted by Crippen LogP contribution is -1.92. The van der Waals surface area contributed by atoms with E-state index in [1.54, 1.807) is 30.3 Å². The first-order valence-electron chi connectivity index (χ1n) is 5.74. The summed E-state index contributed by atoms with van der Waals surface area (Å²) in [6.45, 7) is 3.75. The number of aliphatic hydroxyl groups excluding tert-OH is 1. The number of ether oxygens (including phenoxy) is 1. The van der Waals surface area contributed by atoms with E-state index in [0.29, 0.717) is 5.75 Å². The fourth-order valence-electron chi connectivity index (χ4n) is 1.73. The first-order valence-corrected chi connectivity index (χ1v) is 5.74. The number of halogens is 1. The molecule has 0 heterocycles. The summed E-state index contributed by atoms with van der Waals surface area (Å²) in [5, 5.41) is 9.08. The van der Waals surface area contributed by atoms with Crippen LogP contribution in [0.15, 0.2) is 36.4 Å². The highest BCUT2D eigenvalue weighted by Gasteiger charge is 2.06. The molecule has 0 fully saturated rings.